The Morgan fingerprint density at radius 1 is 0.821 bits per heavy atom. The molecular formula is C18H16F2N6O2. The molecule has 0 amide bonds. The van der Waals surface area contributed by atoms with E-state index in [1.165, 1.54) is 55.5 Å². The molecule has 1 heterocycles. The van der Waals surface area contributed by atoms with Gasteiger partial charge in [-0.25, -0.2) is 8.78 Å². The summed E-state index contributed by atoms with van der Waals surface area (Å²) in [5.41, 5.74) is 1.05. The number of rotatable bonds is 7. The number of aromatic nitrogens is 3. The average Bonchev–Trinajstić information content (AvgIpc) is 2.65. The maximum atomic E-state index is 13.1. The molecule has 28 heavy (non-hydrogen) atoms. The second-order valence-corrected chi connectivity index (χ2v) is 5.77. The van der Waals surface area contributed by atoms with Gasteiger partial charge in [-0.05, 0) is 55.5 Å². The molecule has 0 saturated heterocycles. The zero-order valence-corrected chi connectivity index (χ0v) is 14.6. The highest BCUT2D eigenvalue weighted by molar-refractivity contribution is 5.76. The average molecular weight is 386 g/mol. The van der Waals surface area contributed by atoms with E-state index in [2.05, 4.69) is 30.9 Å². The summed E-state index contributed by atoms with van der Waals surface area (Å²) in [6, 6.07) is 10.1. The maximum absolute atomic E-state index is 13.1. The van der Waals surface area contributed by atoms with E-state index in [0.29, 0.717) is 11.4 Å². The Bertz CT molecular complexity index is 901. The molecule has 4 N–H and O–H groups in total. The number of nitrogens with one attached hydrogen (secondary N) is 3. The molecule has 10 heteroatoms. The second-order valence-electron chi connectivity index (χ2n) is 5.77. The largest absolute Gasteiger partial charge is 0.480 e. The summed E-state index contributed by atoms with van der Waals surface area (Å²) in [6.45, 7) is 1.44. The van der Waals surface area contributed by atoms with Crippen LogP contribution in [0.25, 0.3) is 0 Å². The minimum absolute atomic E-state index is 0.0131. The van der Waals surface area contributed by atoms with Crippen LogP contribution >= 0.6 is 0 Å². The Morgan fingerprint density at radius 3 is 1.61 bits per heavy atom. The Morgan fingerprint density at radius 2 is 1.21 bits per heavy atom. The standard InChI is InChI=1S/C18H16F2N6O2/c1-10(15(27)28)21-16-24-17(22-13-6-2-11(19)3-7-13)26-18(25-16)23-14-8-4-12(20)5-9-14/h2-10H,1H3,(H,27,28)(H3,21,22,23,24,25,26)/t10-/m0/s1. The van der Waals surface area contributed by atoms with Crippen LogP contribution in [0.2, 0.25) is 0 Å². The van der Waals surface area contributed by atoms with Crippen LogP contribution < -0.4 is 16.0 Å². The lowest BCUT2D eigenvalue weighted by Gasteiger charge is -2.13. The number of hydrogen-bond donors (Lipinski definition) is 4. The Hall–Kier alpha value is -3.82. The van der Waals surface area contributed by atoms with E-state index in [-0.39, 0.29) is 17.8 Å². The van der Waals surface area contributed by atoms with Crippen LogP contribution in [0.1, 0.15) is 6.92 Å². The lowest BCUT2D eigenvalue weighted by Crippen LogP contribution is -2.26. The molecular weight excluding hydrogens is 370 g/mol. The summed E-state index contributed by atoms with van der Waals surface area (Å²) in [6.07, 6.45) is 0. The number of anilines is 5. The summed E-state index contributed by atoms with van der Waals surface area (Å²) < 4.78 is 26.1. The van der Waals surface area contributed by atoms with Crippen molar-refractivity contribution in [1.82, 2.24) is 15.0 Å². The molecule has 1 aromatic heterocycles. The molecule has 1 atom stereocenters. The smallest absolute Gasteiger partial charge is 0.325 e. The zero-order chi connectivity index (χ0) is 20.1. The minimum atomic E-state index is -1.08. The second kappa shape index (κ2) is 8.25. The molecule has 8 nitrogen and oxygen atoms in total. The van der Waals surface area contributed by atoms with Gasteiger partial charge in [0.05, 0.1) is 0 Å². The summed E-state index contributed by atoms with van der Waals surface area (Å²) >= 11 is 0. The summed E-state index contributed by atoms with van der Waals surface area (Å²) in [5, 5.41) is 17.5. The molecule has 3 rings (SSSR count). The van der Waals surface area contributed by atoms with Crippen molar-refractivity contribution in [2.75, 3.05) is 16.0 Å². The van der Waals surface area contributed by atoms with Crippen molar-refractivity contribution in [1.29, 1.82) is 0 Å². The third-order valence-electron chi connectivity index (χ3n) is 3.55. The number of carboxylic acid groups (broad SMARTS) is 1. The van der Waals surface area contributed by atoms with Gasteiger partial charge in [0.2, 0.25) is 17.8 Å². The van der Waals surface area contributed by atoms with E-state index in [1.54, 1.807) is 0 Å². The quantitative estimate of drug-likeness (QED) is 0.488. The normalized spacial score (nSPS) is 11.5. The van der Waals surface area contributed by atoms with Crippen molar-refractivity contribution < 1.29 is 18.7 Å². The van der Waals surface area contributed by atoms with Crippen LogP contribution in [0.15, 0.2) is 48.5 Å². The molecule has 0 bridgehead atoms. The van der Waals surface area contributed by atoms with Crippen molar-refractivity contribution in [2.24, 2.45) is 0 Å². The number of carboxylic acids is 1. The van der Waals surface area contributed by atoms with Crippen LogP contribution in [0.3, 0.4) is 0 Å². The van der Waals surface area contributed by atoms with Gasteiger partial charge in [-0.1, -0.05) is 0 Å². The Balaban J connectivity index is 1.89. The van der Waals surface area contributed by atoms with Gasteiger partial charge in [-0.2, -0.15) is 15.0 Å². The van der Waals surface area contributed by atoms with Gasteiger partial charge in [0.15, 0.2) is 0 Å². The summed E-state index contributed by atoms with van der Waals surface area (Å²) in [7, 11) is 0. The van der Waals surface area contributed by atoms with E-state index in [1.807, 2.05) is 0 Å². The first kappa shape index (κ1) is 19.0. The van der Waals surface area contributed by atoms with Crippen LogP contribution in [0.5, 0.6) is 0 Å². The predicted molar refractivity (Wildman–Crippen MR) is 99.9 cm³/mol. The molecule has 144 valence electrons. The van der Waals surface area contributed by atoms with Crippen LogP contribution in [0.4, 0.5) is 38.0 Å². The summed E-state index contributed by atoms with van der Waals surface area (Å²) in [4.78, 5) is 23.5. The van der Waals surface area contributed by atoms with Crippen LogP contribution in [-0.4, -0.2) is 32.1 Å². The first-order valence-electron chi connectivity index (χ1n) is 8.19. The fraction of sp³-hybridized carbons (Fsp3) is 0.111. The number of aliphatic carboxylic acids is 1. The van der Waals surface area contributed by atoms with Gasteiger partial charge in [-0.15, -0.1) is 0 Å². The monoisotopic (exact) mass is 386 g/mol. The number of benzene rings is 2. The molecule has 2 aromatic carbocycles. The molecule has 0 aliphatic carbocycles. The first-order chi connectivity index (χ1) is 13.4. The predicted octanol–water partition coefficient (Wildman–Crippen LogP) is 3.52. The highest BCUT2D eigenvalue weighted by Gasteiger charge is 2.14. The summed E-state index contributed by atoms with van der Waals surface area (Å²) in [5.74, 6) is -1.65. The van der Waals surface area contributed by atoms with Gasteiger partial charge in [-0.3, -0.25) is 4.79 Å². The molecule has 0 spiro atoms. The number of nitrogens with zero attached hydrogens (tertiary/aromatic N) is 3. The van der Waals surface area contributed by atoms with Gasteiger partial charge in [0, 0.05) is 11.4 Å². The highest BCUT2D eigenvalue weighted by Crippen LogP contribution is 2.19. The fourth-order valence-electron chi connectivity index (χ4n) is 2.13. The van der Waals surface area contributed by atoms with Crippen LogP contribution in [-0.2, 0) is 4.79 Å². The third-order valence-corrected chi connectivity index (χ3v) is 3.55. The molecule has 3 aromatic rings. The van der Waals surface area contributed by atoms with Crippen molar-refractivity contribution in [3.8, 4) is 0 Å². The molecule has 0 unspecified atom stereocenters. The van der Waals surface area contributed by atoms with E-state index in [9.17, 15) is 13.6 Å². The van der Waals surface area contributed by atoms with Gasteiger partial charge < -0.3 is 21.1 Å². The number of halogens is 2. The fourth-order valence-corrected chi connectivity index (χ4v) is 2.13. The van der Waals surface area contributed by atoms with Gasteiger partial charge in [0.1, 0.15) is 17.7 Å². The molecule has 0 aliphatic heterocycles. The van der Waals surface area contributed by atoms with E-state index in [4.69, 9.17) is 5.11 Å². The Kier molecular flexibility index (Phi) is 5.58. The van der Waals surface area contributed by atoms with E-state index >= 15 is 0 Å². The van der Waals surface area contributed by atoms with Crippen molar-refractivity contribution in [3.05, 3.63) is 60.2 Å². The lowest BCUT2D eigenvalue weighted by molar-refractivity contribution is -0.137. The van der Waals surface area contributed by atoms with Crippen molar-refractivity contribution >= 4 is 35.2 Å². The van der Waals surface area contributed by atoms with Crippen molar-refractivity contribution in [3.63, 3.8) is 0 Å². The molecule has 0 fully saturated rings. The minimum Gasteiger partial charge on any atom is -0.480 e. The number of hydrogen-bond acceptors (Lipinski definition) is 7. The topological polar surface area (TPSA) is 112 Å². The lowest BCUT2D eigenvalue weighted by atomic mass is 10.3. The molecule has 0 aliphatic rings. The zero-order valence-electron chi connectivity index (χ0n) is 14.6. The SMILES string of the molecule is C[C@H](Nc1nc(Nc2ccc(F)cc2)nc(Nc2ccc(F)cc2)n1)C(=O)O. The van der Waals surface area contributed by atoms with Gasteiger partial charge in [0.25, 0.3) is 0 Å². The number of carbonyl (C=O) groups is 1. The maximum Gasteiger partial charge on any atom is 0.325 e. The van der Waals surface area contributed by atoms with Crippen LogP contribution in [0, 0.1) is 11.6 Å². The van der Waals surface area contributed by atoms with Gasteiger partial charge >= 0.3 is 5.97 Å². The highest BCUT2D eigenvalue weighted by atomic mass is 19.1. The van der Waals surface area contributed by atoms with Crippen molar-refractivity contribution in [2.45, 2.75) is 13.0 Å². The van der Waals surface area contributed by atoms with E-state index < -0.39 is 23.6 Å². The first-order valence-corrected chi connectivity index (χ1v) is 8.19. The molecule has 0 saturated carbocycles. The third kappa shape index (κ3) is 5.10. The molecule has 0 radical (unpaired) electrons. The Labute approximate surface area is 158 Å². The van der Waals surface area contributed by atoms with E-state index in [0.717, 1.165) is 0 Å².